The lowest BCUT2D eigenvalue weighted by molar-refractivity contribution is 0.385. The zero-order valence-electron chi connectivity index (χ0n) is 10.0. The van der Waals surface area contributed by atoms with E-state index >= 15 is 0 Å². The number of benzene rings is 1. The van der Waals surface area contributed by atoms with E-state index < -0.39 is 0 Å². The van der Waals surface area contributed by atoms with E-state index in [1.807, 2.05) is 18.4 Å². The van der Waals surface area contributed by atoms with Crippen LogP contribution in [0.15, 0.2) is 28.9 Å². The summed E-state index contributed by atoms with van der Waals surface area (Å²) in [5, 5.41) is 5.67. The smallest absolute Gasteiger partial charge is 0.130 e. The van der Waals surface area contributed by atoms with Gasteiger partial charge in [-0.3, -0.25) is 0 Å². The zero-order valence-corrected chi connectivity index (χ0v) is 10.0. The third-order valence-corrected chi connectivity index (χ3v) is 3.55. The Morgan fingerprint density at radius 2 is 2.12 bits per heavy atom. The van der Waals surface area contributed by atoms with Crippen molar-refractivity contribution < 1.29 is 9.15 Å². The molecule has 1 fully saturated rings. The maximum absolute atomic E-state index is 5.79. The second-order valence-electron chi connectivity index (χ2n) is 4.55. The molecule has 2 heterocycles. The Morgan fingerprint density at radius 3 is 2.88 bits per heavy atom. The van der Waals surface area contributed by atoms with Crippen molar-refractivity contribution in [3.05, 3.63) is 30.2 Å². The van der Waals surface area contributed by atoms with E-state index in [9.17, 15) is 0 Å². The van der Waals surface area contributed by atoms with E-state index in [0.717, 1.165) is 48.2 Å². The fraction of sp³-hybridized carbons (Fsp3) is 0.429. The van der Waals surface area contributed by atoms with Crippen molar-refractivity contribution in [2.24, 2.45) is 0 Å². The van der Waals surface area contributed by atoms with E-state index in [0.29, 0.717) is 5.92 Å². The lowest BCUT2D eigenvalue weighted by Crippen LogP contribution is -2.26. The molecule has 0 amide bonds. The molecule has 3 rings (SSSR count). The minimum absolute atomic E-state index is 0.519. The molecule has 0 bridgehead atoms. The molecule has 2 aromatic rings. The molecule has 0 spiro atoms. The molecule has 3 heteroatoms. The SMILES string of the molecule is COc1cccc2coc(C3CCNCC3)c12. The predicted molar refractivity (Wildman–Crippen MR) is 67.6 cm³/mol. The number of rotatable bonds is 2. The molecule has 17 heavy (non-hydrogen) atoms. The van der Waals surface area contributed by atoms with Crippen LogP contribution in [0.25, 0.3) is 10.8 Å². The summed E-state index contributed by atoms with van der Waals surface area (Å²) in [6, 6.07) is 6.08. The summed E-state index contributed by atoms with van der Waals surface area (Å²) in [5.74, 6) is 2.54. The van der Waals surface area contributed by atoms with Crippen molar-refractivity contribution in [3.63, 3.8) is 0 Å². The predicted octanol–water partition coefficient (Wildman–Crippen LogP) is 2.91. The number of fused-ring (bicyclic) bond motifs is 1. The van der Waals surface area contributed by atoms with Crippen LogP contribution in [0.4, 0.5) is 0 Å². The number of hydrogen-bond acceptors (Lipinski definition) is 3. The lowest BCUT2D eigenvalue weighted by Gasteiger charge is -2.21. The normalized spacial score (nSPS) is 17.5. The average Bonchev–Trinajstić information content (AvgIpc) is 2.83. The van der Waals surface area contributed by atoms with Gasteiger partial charge in [-0.15, -0.1) is 0 Å². The number of piperidine rings is 1. The number of ether oxygens (including phenoxy) is 1. The van der Waals surface area contributed by atoms with Crippen molar-refractivity contribution in [3.8, 4) is 5.75 Å². The maximum Gasteiger partial charge on any atom is 0.130 e. The summed E-state index contributed by atoms with van der Waals surface area (Å²) in [5.41, 5.74) is 0. The Balaban J connectivity index is 2.09. The summed E-state index contributed by atoms with van der Waals surface area (Å²) < 4.78 is 11.2. The summed E-state index contributed by atoms with van der Waals surface area (Å²) >= 11 is 0. The van der Waals surface area contributed by atoms with Crippen LogP contribution >= 0.6 is 0 Å². The van der Waals surface area contributed by atoms with E-state index in [1.54, 1.807) is 7.11 Å². The van der Waals surface area contributed by atoms with Gasteiger partial charge in [0, 0.05) is 11.3 Å². The van der Waals surface area contributed by atoms with Crippen LogP contribution in [-0.4, -0.2) is 20.2 Å². The zero-order chi connectivity index (χ0) is 11.7. The van der Waals surface area contributed by atoms with E-state index in [1.165, 1.54) is 0 Å². The maximum atomic E-state index is 5.79. The monoisotopic (exact) mass is 231 g/mol. The second kappa shape index (κ2) is 4.41. The van der Waals surface area contributed by atoms with E-state index in [4.69, 9.17) is 9.15 Å². The summed E-state index contributed by atoms with van der Waals surface area (Å²) in [6.07, 6.45) is 4.12. The molecular formula is C14H17NO2. The topological polar surface area (TPSA) is 34.4 Å². The molecular weight excluding hydrogens is 214 g/mol. The minimum atomic E-state index is 0.519. The highest BCUT2D eigenvalue weighted by molar-refractivity contribution is 5.90. The molecule has 0 unspecified atom stereocenters. The van der Waals surface area contributed by atoms with Gasteiger partial charge in [-0.25, -0.2) is 0 Å². The molecule has 1 aliphatic rings. The Labute approximate surface area is 101 Å². The van der Waals surface area contributed by atoms with Gasteiger partial charge in [0.2, 0.25) is 0 Å². The molecule has 1 saturated heterocycles. The van der Waals surface area contributed by atoms with Crippen molar-refractivity contribution in [1.29, 1.82) is 0 Å². The van der Waals surface area contributed by atoms with E-state index in [2.05, 4.69) is 11.4 Å². The number of hydrogen-bond donors (Lipinski definition) is 1. The first-order chi connectivity index (χ1) is 8.40. The standard InChI is InChI=1S/C14H17NO2/c1-16-12-4-2-3-11-9-17-14(13(11)12)10-5-7-15-8-6-10/h2-4,9-10,15H,5-8H2,1H3. The molecule has 1 aromatic heterocycles. The van der Waals surface area contributed by atoms with Crippen LogP contribution < -0.4 is 10.1 Å². The highest BCUT2D eigenvalue weighted by Crippen LogP contribution is 2.37. The molecule has 0 saturated carbocycles. The summed E-state index contributed by atoms with van der Waals surface area (Å²) in [4.78, 5) is 0. The largest absolute Gasteiger partial charge is 0.496 e. The first kappa shape index (κ1) is 10.7. The average molecular weight is 231 g/mol. The molecule has 0 radical (unpaired) electrons. The molecule has 3 nitrogen and oxygen atoms in total. The van der Waals surface area contributed by atoms with Gasteiger partial charge < -0.3 is 14.5 Å². The molecule has 1 N–H and O–H groups in total. The van der Waals surface area contributed by atoms with Crippen LogP contribution in [-0.2, 0) is 0 Å². The van der Waals surface area contributed by atoms with Crippen molar-refractivity contribution in [2.75, 3.05) is 20.2 Å². The van der Waals surface area contributed by atoms with Crippen molar-refractivity contribution in [2.45, 2.75) is 18.8 Å². The first-order valence-electron chi connectivity index (χ1n) is 6.15. The van der Waals surface area contributed by atoms with Crippen LogP contribution in [0.5, 0.6) is 5.75 Å². The van der Waals surface area contributed by atoms with Gasteiger partial charge in [0.15, 0.2) is 0 Å². The summed E-state index contributed by atoms with van der Waals surface area (Å²) in [7, 11) is 1.72. The Kier molecular flexibility index (Phi) is 2.77. The van der Waals surface area contributed by atoms with Crippen LogP contribution in [0.3, 0.4) is 0 Å². The van der Waals surface area contributed by atoms with Crippen molar-refractivity contribution in [1.82, 2.24) is 5.32 Å². The van der Waals surface area contributed by atoms with E-state index in [-0.39, 0.29) is 0 Å². The fourth-order valence-corrected chi connectivity index (χ4v) is 2.65. The van der Waals surface area contributed by atoms with Crippen LogP contribution in [0.1, 0.15) is 24.5 Å². The molecule has 0 aliphatic carbocycles. The van der Waals surface area contributed by atoms with Crippen LogP contribution in [0, 0.1) is 0 Å². The Bertz CT molecular complexity index is 512. The number of furan rings is 1. The van der Waals surface area contributed by atoms with Gasteiger partial charge in [-0.2, -0.15) is 0 Å². The van der Waals surface area contributed by atoms with Gasteiger partial charge in [0.25, 0.3) is 0 Å². The highest BCUT2D eigenvalue weighted by Gasteiger charge is 2.22. The first-order valence-corrected chi connectivity index (χ1v) is 6.15. The van der Waals surface area contributed by atoms with Gasteiger partial charge in [-0.05, 0) is 32.0 Å². The second-order valence-corrected chi connectivity index (χ2v) is 4.55. The van der Waals surface area contributed by atoms with Gasteiger partial charge in [0.05, 0.1) is 18.8 Å². The van der Waals surface area contributed by atoms with Gasteiger partial charge in [0.1, 0.15) is 11.5 Å². The third-order valence-electron chi connectivity index (χ3n) is 3.55. The molecule has 90 valence electrons. The van der Waals surface area contributed by atoms with Crippen molar-refractivity contribution >= 4 is 10.8 Å². The number of methoxy groups -OCH3 is 1. The fourth-order valence-electron chi connectivity index (χ4n) is 2.65. The van der Waals surface area contributed by atoms with Gasteiger partial charge in [-0.1, -0.05) is 12.1 Å². The number of nitrogens with one attached hydrogen (secondary N) is 1. The Morgan fingerprint density at radius 1 is 1.29 bits per heavy atom. The van der Waals surface area contributed by atoms with Crippen LogP contribution in [0.2, 0.25) is 0 Å². The molecule has 1 aromatic carbocycles. The molecule has 1 aliphatic heterocycles. The van der Waals surface area contributed by atoms with Gasteiger partial charge >= 0.3 is 0 Å². The quantitative estimate of drug-likeness (QED) is 0.863. The molecule has 0 atom stereocenters. The lowest BCUT2D eigenvalue weighted by atomic mass is 9.93. The third kappa shape index (κ3) is 1.80. The minimum Gasteiger partial charge on any atom is -0.496 e. The summed E-state index contributed by atoms with van der Waals surface area (Å²) in [6.45, 7) is 2.14. The highest BCUT2D eigenvalue weighted by atomic mass is 16.5. The Hall–Kier alpha value is -1.48.